The van der Waals surface area contributed by atoms with Crippen molar-refractivity contribution in [1.82, 2.24) is 0 Å². The minimum atomic E-state index is -4.47. The maximum absolute atomic E-state index is 12.7. The maximum atomic E-state index is 12.7. The second-order valence-corrected chi connectivity index (χ2v) is 9.74. The van der Waals surface area contributed by atoms with Crippen molar-refractivity contribution in [3.05, 3.63) is 80.9 Å². The van der Waals surface area contributed by atoms with Crippen LogP contribution in [-0.4, -0.2) is 14.9 Å². The lowest BCUT2D eigenvalue weighted by Crippen LogP contribution is -2.21. The molecule has 3 rings (SSSR count). The van der Waals surface area contributed by atoms with Gasteiger partial charge in [-0.3, -0.25) is 0 Å². The third kappa shape index (κ3) is 5.02. The fraction of sp³-hybridized carbons (Fsp3) is 0.292. The number of aromatic hydroxyl groups is 1. The minimum absolute atomic E-state index is 0.0581. The highest BCUT2D eigenvalue weighted by atomic mass is 32.2. The summed E-state index contributed by atoms with van der Waals surface area (Å²) in [6.45, 7) is 7.26. The molecule has 4 nitrogen and oxygen atoms in total. The van der Waals surface area contributed by atoms with Gasteiger partial charge in [0.15, 0.2) is 4.90 Å². The lowest BCUT2D eigenvalue weighted by atomic mass is 9.94. The van der Waals surface area contributed by atoms with Crippen LogP contribution in [0.2, 0.25) is 0 Å². The molecule has 3 aromatic rings. The van der Waals surface area contributed by atoms with E-state index in [1.807, 2.05) is 32.9 Å². The molecule has 0 saturated heterocycles. The van der Waals surface area contributed by atoms with Gasteiger partial charge in [-0.2, -0.15) is 13.2 Å². The highest BCUT2D eigenvalue weighted by Gasteiger charge is 2.31. The normalized spacial score (nSPS) is 13.8. The third-order valence-corrected chi connectivity index (χ3v) is 6.81. The molecule has 32 heavy (non-hydrogen) atoms. The molecule has 2 atom stereocenters. The molecule has 0 amide bonds. The first kappa shape index (κ1) is 23.9. The van der Waals surface area contributed by atoms with Crippen LogP contribution in [0.3, 0.4) is 0 Å². The van der Waals surface area contributed by atoms with Crippen molar-refractivity contribution in [3.63, 3.8) is 0 Å². The Bertz CT molecular complexity index is 1160. The van der Waals surface area contributed by atoms with Gasteiger partial charge in [0.1, 0.15) is 22.3 Å². The van der Waals surface area contributed by atoms with Crippen LogP contribution >= 0.6 is 0 Å². The molecule has 2 unspecified atom stereocenters. The van der Waals surface area contributed by atoms with Gasteiger partial charge in [0.2, 0.25) is 0 Å². The second-order valence-electron chi connectivity index (χ2n) is 7.87. The number of hydrogen-bond donors (Lipinski definition) is 1. The summed E-state index contributed by atoms with van der Waals surface area (Å²) in [7, 11) is 0. The fourth-order valence-electron chi connectivity index (χ4n) is 3.80. The van der Waals surface area contributed by atoms with Crippen LogP contribution in [0.25, 0.3) is 11.1 Å². The average molecular weight is 465 g/mol. The topological polar surface area (TPSA) is 73.5 Å². The summed E-state index contributed by atoms with van der Waals surface area (Å²) in [5.74, 6) is -0.0924. The molecule has 2 aromatic carbocycles. The van der Waals surface area contributed by atoms with Crippen molar-refractivity contribution in [3.8, 4) is 16.9 Å². The number of benzene rings is 2. The summed E-state index contributed by atoms with van der Waals surface area (Å²) in [6.07, 6.45) is -4.41. The minimum Gasteiger partial charge on any atom is -0.611 e. The molecule has 1 heterocycles. The first-order valence-electron chi connectivity index (χ1n) is 9.90. The largest absolute Gasteiger partial charge is 0.611 e. The van der Waals surface area contributed by atoms with Crippen molar-refractivity contribution in [2.24, 2.45) is 0 Å². The van der Waals surface area contributed by atoms with Gasteiger partial charge < -0.3 is 14.1 Å². The monoisotopic (exact) mass is 464 g/mol. The molecule has 0 radical (unpaired) electrons. The van der Waals surface area contributed by atoms with Gasteiger partial charge in [-0.25, -0.2) is 4.79 Å². The summed E-state index contributed by atoms with van der Waals surface area (Å²) in [4.78, 5) is 12.9. The van der Waals surface area contributed by atoms with Crippen LogP contribution in [0.15, 0.2) is 56.6 Å². The zero-order valence-electron chi connectivity index (χ0n) is 18.0. The molecule has 1 aromatic heterocycles. The van der Waals surface area contributed by atoms with E-state index in [0.717, 1.165) is 28.8 Å². The van der Waals surface area contributed by atoms with E-state index in [-0.39, 0.29) is 28.4 Å². The molecule has 1 N–H and O–H groups in total. The standard InChI is InChI=1S/C24H23F3O4S/c1-13-9-14(2)21(15(3)10-13)22-20(28)12-18(31-23(22)29)11-16(4)32(30)19-7-5-17(6-8-19)24(25,26)27/h5-10,12,16,28H,11H2,1-4H3. The van der Waals surface area contributed by atoms with Crippen molar-refractivity contribution >= 4 is 11.2 Å². The van der Waals surface area contributed by atoms with E-state index in [1.54, 1.807) is 6.92 Å². The predicted octanol–water partition coefficient (Wildman–Crippen LogP) is 5.70. The molecule has 0 fully saturated rings. The van der Waals surface area contributed by atoms with E-state index in [4.69, 9.17) is 4.42 Å². The van der Waals surface area contributed by atoms with Crippen LogP contribution in [0, 0.1) is 20.8 Å². The zero-order chi connectivity index (χ0) is 23.8. The summed E-state index contributed by atoms with van der Waals surface area (Å²) in [5.41, 5.74) is 1.84. The molecule has 0 bridgehead atoms. The van der Waals surface area contributed by atoms with Gasteiger partial charge >= 0.3 is 11.8 Å². The van der Waals surface area contributed by atoms with E-state index >= 15 is 0 Å². The quantitative estimate of drug-likeness (QED) is 0.492. The molecule has 0 aliphatic carbocycles. The van der Waals surface area contributed by atoms with Gasteiger partial charge in [-0.15, -0.1) is 0 Å². The second kappa shape index (κ2) is 9.03. The molecular formula is C24H23F3O4S. The van der Waals surface area contributed by atoms with Crippen LogP contribution < -0.4 is 5.63 Å². The Labute approximate surface area is 186 Å². The summed E-state index contributed by atoms with van der Waals surface area (Å²) >= 11 is -1.64. The van der Waals surface area contributed by atoms with Crippen molar-refractivity contribution < 1.29 is 27.2 Å². The van der Waals surface area contributed by atoms with E-state index in [1.165, 1.54) is 18.2 Å². The highest BCUT2D eigenvalue weighted by molar-refractivity contribution is 7.92. The summed E-state index contributed by atoms with van der Waals surface area (Å²) in [5, 5.41) is 10.0. The van der Waals surface area contributed by atoms with Gasteiger partial charge in [-0.05, 0) is 79.8 Å². The van der Waals surface area contributed by atoms with Crippen LogP contribution in [0.4, 0.5) is 13.2 Å². The average Bonchev–Trinajstić information content (AvgIpc) is 2.68. The van der Waals surface area contributed by atoms with Crippen molar-refractivity contribution in [2.75, 3.05) is 0 Å². The first-order valence-corrected chi connectivity index (χ1v) is 11.1. The Kier molecular flexibility index (Phi) is 6.76. The maximum Gasteiger partial charge on any atom is 0.416 e. The number of alkyl halides is 3. The first-order chi connectivity index (χ1) is 14.9. The van der Waals surface area contributed by atoms with Crippen LogP contribution in [-0.2, 0) is 23.8 Å². The van der Waals surface area contributed by atoms with Gasteiger partial charge in [0, 0.05) is 6.07 Å². The number of aryl methyl sites for hydroxylation is 3. The Hall–Kier alpha value is -2.71. The smallest absolute Gasteiger partial charge is 0.416 e. The van der Waals surface area contributed by atoms with Crippen LogP contribution in [0.1, 0.15) is 34.9 Å². The summed E-state index contributed by atoms with van der Waals surface area (Å²) in [6, 6.07) is 9.26. The molecule has 8 heteroatoms. The van der Waals surface area contributed by atoms with Crippen molar-refractivity contribution in [2.45, 2.75) is 50.4 Å². The van der Waals surface area contributed by atoms with Gasteiger partial charge in [-0.1, -0.05) is 17.7 Å². The Morgan fingerprint density at radius 2 is 1.59 bits per heavy atom. The van der Waals surface area contributed by atoms with E-state index < -0.39 is 33.8 Å². The Balaban J connectivity index is 1.85. The SMILES string of the molecule is Cc1cc(C)c(-c2c(O)cc(CC(C)[S+]([O-])c3ccc(C(F)(F)F)cc3)oc2=O)c(C)c1. The molecule has 0 aliphatic rings. The molecule has 0 spiro atoms. The fourth-order valence-corrected chi connectivity index (χ4v) is 4.99. The zero-order valence-corrected chi connectivity index (χ0v) is 18.9. The number of halogens is 3. The highest BCUT2D eigenvalue weighted by Crippen LogP contribution is 2.34. The van der Waals surface area contributed by atoms with Crippen LogP contribution in [0.5, 0.6) is 5.75 Å². The van der Waals surface area contributed by atoms with E-state index in [2.05, 4.69) is 0 Å². The molecular weight excluding hydrogens is 441 g/mol. The van der Waals surface area contributed by atoms with Gasteiger partial charge in [0.25, 0.3) is 0 Å². The predicted molar refractivity (Wildman–Crippen MR) is 117 cm³/mol. The summed E-state index contributed by atoms with van der Waals surface area (Å²) < 4.78 is 56.3. The van der Waals surface area contributed by atoms with Crippen molar-refractivity contribution in [1.29, 1.82) is 0 Å². The molecule has 0 aliphatic heterocycles. The molecule has 0 saturated carbocycles. The lowest BCUT2D eigenvalue weighted by molar-refractivity contribution is -0.137. The van der Waals surface area contributed by atoms with E-state index in [9.17, 15) is 27.6 Å². The van der Waals surface area contributed by atoms with Gasteiger partial charge in [0.05, 0.1) is 12.0 Å². The number of hydrogen-bond acceptors (Lipinski definition) is 4. The lowest BCUT2D eigenvalue weighted by Gasteiger charge is -2.18. The third-order valence-electron chi connectivity index (χ3n) is 5.18. The number of rotatable bonds is 5. The Morgan fingerprint density at radius 3 is 2.09 bits per heavy atom. The molecule has 170 valence electrons. The van der Waals surface area contributed by atoms with E-state index in [0.29, 0.717) is 5.56 Å². The Morgan fingerprint density at radius 1 is 1.03 bits per heavy atom.